The van der Waals surface area contributed by atoms with Crippen LogP contribution >= 0.6 is 11.6 Å². The Balaban J connectivity index is 1.95. The topological polar surface area (TPSA) is 86.0 Å². The van der Waals surface area contributed by atoms with Crippen molar-refractivity contribution in [2.24, 2.45) is 0 Å². The fraction of sp³-hybridized carbons (Fsp3) is 0.400. The number of benzene rings is 1. The number of piperazine rings is 1. The zero-order valence-corrected chi connectivity index (χ0v) is 16.5. The molecule has 0 unspecified atom stereocenters. The van der Waals surface area contributed by atoms with Gasteiger partial charge in [-0.3, -0.25) is 19.4 Å². The van der Waals surface area contributed by atoms with Crippen LogP contribution in [-0.2, 0) is 16.1 Å². The van der Waals surface area contributed by atoms with Crippen LogP contribution < -0.4 is 0 Å². The van der Waals surface area contributed by atoms with E-state index in [0.29, 0.717) is 34.6 Å². The molecule has 150 valence electrons. The van der Waals surface area contributed by atoms with Crippen LogP contribution in [-0.4, -0.2) is 69.2 Å². The normalized spacial score (nSPS) is 16.9. The number of aromatic nitrogens is 1. The molecule has 3 rings (SSSR count). The van der Waals surface area contributed by atoms with Crippen LogP contribution in [0.1, 0.15) is 18.5 Å². The van der Waals surface area contributed by atoms with Crippen LogP contribution in [0.15, 0.2) is 36.5 Å². The molecule has 1 aromatic heterocycles. The molecule has 0 spiro atoms. The number of carboxylic acids is 2. The van der Waals surface area contributed by atoms with Gasteiger partial charge >= 0.3 is 11.9 Å². The van der Waals surface area contributed by atoms with Gasteiger partial charge in [-0.1, -0.05) is 29.8 Å². The molecule has 28 heavy (non-hydrogen) atoms. The smallest absolute Gasteiger partial charge is 0.325 e. The minimum Gasteiger partial charge on any atom is -0.480 e. The van der Waals surface area contributed by atoms with Crippen LogP contribution in [0.2, 0.25) is 5.02 Å². The molecule has 1 aliphatic heterocycles. The summed E-state index contributed by atoms with van der Waals surface area (Å²) in [5.74, 6) is -1.94. The van der Waals surface area contributed by atoms with Crippen molar-refractivity contribution < 1.29 is 19.8 Å². The van der Waals surface area contributed by atoms with Crippen molar-refractivity contribution in [2.45, 2.75) is 19.5 Å². The maximum Gasteiger partial charge on any atom is 0.325 e. The predicted molar refractivity (Wildman–Crippen MR) is 108 cm³/mol. The number of hydrogen-bond acceptors (Lipinski definition) is 4. The molecule has 1 aromatic carbocycles. The minimum absolute atomic E-state index is 0.254. The van der Waals surface area contributed by atoms with E-state index in [2.05, 4.69) is 11.5 Å². The second-order valence-electron chi connectivity index (χ2n) is 7.28. The van der Waals surface area contributed by atoms with Gasteiger partial charge in [0.1, 0.15) is 12.6 Å². The van der Waals surface area contributed by atoms with E-state index in [-0.39, 0.29) is 6.54 Å². The lowest BCUT2D eigenvalue weighted by Crippen LogP contribution is -2.49. The Bertz CT molecular complexity index is 916. The van der Waals surface area contributed by atoms with Crippen molar-refractivity contribution in [2.75, 3.05) is 32.7 Å². The number of carbonyl (C=O) groups is 2. The molecular formula is C20H24ClN3O4. The van der Waals surface area contributed by atoms with E-state index < -0.39 is 18.0 Å². The summed E-state index contributed by atoms with van der Waals surface area (Å²) < 4.78 is 1.55. The average Bonchev–Trinajstić information content (AvgIpc) is 2.92. The monoisotopic (exact) mass is 405 g/mol. The summed E-state index contributed by atoms with van der Waals surface area (Å²) in [4.78, 5) is 27.6. The van der Waals surface area contributed by atoms with Crippen molar-refractivity contribution in [1.82, 2.24) is 14.4 Å². The number of carboxylic acid groups (broad SMARTS) is 2. The van der Waals surface area contributed by atoms with Gasteiger partial charge in [-0.05, 0) is 19.1 Å². The van der Waals surface area contributed by atoms with Crippen LogP contribution in [0.5, 0.6) is 0 Å². The first-order valence-electron chi connectivity index (χ1n) is 9.10. The number of fused-ring (bicyclic) bond motifs is 1. The second-order valence-corrected chi connectivity index (χ2v) is 7.71. The first-order valence-corrected chi connectivity index (χ1v) is 9.47. The quantitative estimate of drug-likeness (QED) is 0.689. The van der Waals surface area contributed by atoms with Crippen molar-refractivity contribution in [3.8, 4) is 0 Å². The summed E-state index contributed by atoms with van der Waals surface area (Å²) in [6.45, 7) is 9.22. The Morgan fingerprint density at radius 1 is 1.18 bits per heavy atom. The molecule has 1 saturated heterocycles. The summed E-state index contributed by atoms with van der Waals surface area (Å²) in [7, 11) is 0. The minimum atomic E-state index is -0.997. The van der Waals surface area contributed by atoms with Gasteiger partial charge in [0, 0.05) is 54.9 Å². The van der Waals surface area contributed by atoms with E-state index in [1.54, 1.807) is 29.0 Å². The third-order valence-electron chi connectivity index (χ3n) is 4.97. The Kier molecular flexibility index (Phi) is 6.07. The predicted octanol–water partition coefficient (Wildman–Crippen LogP) is 2.70. The lowest BCUT2D eigenvalue weighted by molar-refractivity contribution is -0.144. The highest BCUT2D eigenvalue weighted by atomic mass is 35.5. The first-order chi connectivity index (χ1) is 13.3. The molecule has 0 saturated carbocycles. The molecule has 0 radical (unpaired) electrons. The summed E-state index contributed by atoms with van der Waals surface area (Å²) in [6, 6.07) is 4.29. The molecule has 0 aliphatic carbocycles. The van der Waals surface area contributed by atoms with E-state index >= 15 is 0 Å². The fourth-order valence-corrected chi connectivity index (χ4v) is 4.00. The largest absolute Gasteiger partial charge is 0.480 e. The van der Waals surface area contributed by atoms with Crippen molar-refractivity contribution in [1.29, 1.82) is 0 Å². The second kappa shape index (κ2) is 8.34. The van der Waals surface area contributed by atoms with Crippen LogP contribution in [0.25, 0.3) is 10.9 Å². The average molecular weight is 406 g/mol. The number of aliphatic carboxylic acids is 2. The number of rotatable bonds is 7. The van der Waals surface area contributed by atoms with E-state index in [1.165, 1.54) is 0 Å². The third kappa shape index (κ3) is 4.38. The van der Waals surface area contributed by atoms with Crippen LogP contribution in [0.3, 0.4) is 0 Å². The van der Waals surface area contributed by atoms with Crippen LogP contribution in [0.4, 0.5) is 0 Å². The molecule has 7 nitrogen and oxygen atoms in total. The molecule has 8 heteroatoms. The number of hydrogen-bond donors (Lipinski definition) is 2. The summed E-state index contributed by atoms with van der Waals surface area (Å²) in [5, 5.41) is 20.4. The molecule has 1 fully saturated rings. The van der Waals surface area contributed by atoms with Gasteiger partial charge in [-0.25, -0.2) is 0 Å². The van der Waals surface area contributed by atoms with E-state index in [4.69, 9.17) is 11.6 Å². The zero-order chi connectivity index (χ0) is 20.4. The van der Waals surface area contributed by atoms with Gasteiger partial charge in [0.15, 0.2) is 0 Å². The lowest BCUT2D eigenvalue weighted by atomic mass is 10.0. The standard InChI is InChI=1S/C20H24ClN3O4/c1-13(2)10-22-5-7-23(8-6-22)19(20(27)28)16-11-24(12-18(25)26)17-9-14(21)3-4-15(16)17/h3-4,9,11,19H,1,5-8,10,12H2,2H3,(H,25,26)(H,27,28)/t19-/m0/s1. The summed E-state index contributed by atoms with van der Waals surface area (Å²) >= 11 is 6.08. The van der Waals surface area contributed by atoms with E-state index in [1.807, 2.05) is 11.8 Å². The van der Waals surface area contributed by atoms with Gasteiger partial charge in [-0.15, -0.1) is 0 Å². The maximum atomic E-state index is 12.2. The van der Waals surface area contributed by atoms with E-state index in [0.717, 1.165) is 25.2 Å². The van der Waals surface area contributed by atoms with Gasteiger partial charge in [-0.2, -0.15) is 0 Å². The Labute approximate surface area is 168 Å². The molecule has 2 N–H and O–H groups in total. The highest BCUT2D eigenvalue weighted by molar-refractivity contribution is 6.31. The van der Waals surface area contributed by atoms with Gasteiger partial charge < -0.3 is 14.8 Å². The zero-order valence-electron chi connectivity index (χ0n) is 15.8. The molecule has 1 aliphatic rings. The lowest BCUT2D eigenvalue weighted by Gasteiger charge is -2.37. The third-order valence-corrected chi connectivity index (χ3v) is 5.21. The maximum absolute atomic E-state index is 12.2. The highest BCUT2D eigenvalue weighted by Crippen LogP contribution is 2.32. The number of nitrogens with zero attached hydrogens (tertiary/aromatic N) is 3. The molecule has 0 bridgehead atoms. The molecule has 2 heterocycles. The molecule has 1 atom stereocenters. The Morgan fingerprint density at radius 3 is 2.43 bits per heavy atom. The fourth-order valence-electron chi connectivity index (χ4n) is 3.84. The highest BCUT2D eigenvalue weighted by Gasteiger charge is 2.32. The Hall–Kier alpha value is -2.35. The van der Waals surface area contributed by atoms with Crippen molar-refractivity contribution in [3.63, 3.8) is 0 Å². The molecular weight excluding hydrogens is 382 g/mol. The van der Waals surface area contributed by atoms with E-state index in [9.17, 15) is 19.8 Å². The van der Waals surface area contributed by atoms with Crippen molar-refractivity contribution in [3.05, 3.63) is 47.1 Å². The first kappa shape index (κ1) is 20.4. The SMILES string of the molecule is C=C(C)CN1CCN([C@H](C(=O)O)c2cn(CC(=O)O)c3cc(Cl)ccc23)CC1. The van der Waals surface area contributed by atoms with Crippen molar-refractivity contribution >= 4 is 34.4 Å². The Morgan fingerprint density at radius 2 is 1.86 bits per heavy atom. The summed E-state index contributed by atoms with van der Waals surface area (Å²) in [5.41, 5.74) is 2.29. The van der Waals surface area contributed by atoms with Gasteiger partial charge in [0.25, 0.3) is 0 Å². The van der Waals surface area contributed by atoms with Gasteiger partial charge in [0.05, 0.1) is 5.52 Å². The van der Waals surface area contributed by atoms with Crippen LogP contribution in [0, 0.1) is 0 Å². The summed E-state index contributed by atoms with van der Waals surface area (Å²) in [6.07, 6.45) is 1.63. The van der Waals surface area contributed by atoms with Gasteiger partial charge in [0.2, 0.25) is 0 Å². The molecule has 2 aromatic rings. The number of halogens is 1. The molecule has 0 amide bonds.